The molecule has 0 unspecified atom stereocenters. The number of nitrogen functional groups attached to an aromatic ring is 1. The zero-order valence-corrected chi connectivity index (χ0v) is 13.8. The minimum atomic E-state index is -3.84. The van der Waals surface area contributed by atoms with Crippen molar-refractivity contribution in [1.82, 2.24) is 9.29 Å². The van der Waals surface area contributed by atoms with Crippen LogP contribution in [0.2, 0.25) is 0 Å². The molecule has 0 aromatic carbocycles. The molecule has 1 aliphatic rings. The van der Waals surface area contributed by atoms with Gasteiger partial charge in [-0.1, -0.05) is 6.42 Å². The number of nitrogens with zero attached hydrogens (tertiary/aromatic N) is 1. The Labute approximate surface area is 134 Å². The van der Waals surface area contributed by atoms with Crippen LogP contribution < -0.4 is 16.0 Å². The fraction of sp³-hybridized carbons (Fsp3) is 0.571. The van der Waals surface area contributed by atoms with Gasteiger partial charge in [0.1, 0.15) is 17.1 Å². The van der Waals surface area contributed by atoms with Crippen molar-refractivity contribution in [2.24, 2.45) is 5.92 Å². The quantitative estimate of drug-likeness (QED) is 0.676. The number of carbonyl (C=O) groups excluding carboxylic acids is 1. The smallest absolute Gasteiger partial charge is 0.326 e. The summed E-state index contributed by atoms with van der Waals surface area (Å²) in [5.41, 5.74) is 4.53. The topological polar surface area (TPSA) is 120 Å². The van der Waals surface area contributed by atoms with E-state index in [4.69, 9.17) is 10.5 Å². The van der Waals surface area contributed by atoms with Crippen LogP contribution in [-0.2, 0) is 26.1 Å². The van der Waals surface area contributed by atoms with Crippen molar-refractivity contribution >= 4 is 21.7 Å². The Hall–Kier alpha value is -1.87. The number of esters is 1. The fourth-order valence-electron chi connectivity index (χ4n) is 2.28. The van der Waals surface area contributed by atoms with Crippen LogP contribution in [0.3, 0.4) is 0 Å². The molecule has 1 aliphatic carbocycles. The van der Waals surface area contributed by atoms with E-state index in [0.717, 1.165) is 23.8 Å². The molecule has 1 fully saturated rings. The predicted molar refractivity (Wildman–Crippen MR) is 84.3 cm³/mol. The largest absolute Gasteiger partial charge is 0.465 e. The second kappa shape index (κ2) is 7.14. The minimum Gasteiger partial charge on any atom is -0.465 e. The zero-order valence-electron chi connectivity index (χ0n) is 12.9. The normalized spacial score (nSPS) is 15.2. The average Bonchev–Trinajstić information content (AvgIpc) is 2.42. The molecule has 0 aliphatic heterocycles. The number of anilines is 1. The third-order valence-electron chi connectivity index (χ3n) is 3.84. The summed E-state index contributed by atoms with van der Waals surface area (Å²) < 4.78 is 32.8. The Kier molecular flexibility index (Phi) is 5.42. The molecular formula is C14H21N3O5S. The predicted octanol–water partition coefficient (Wildman–Crippen LogP) is 0.0720. The second-order valence-electron chi connectivity index (χ2n) is 5.48. The number of sulfonamides is 1. The van der Waals surface area contributed by atoms with Crippen LogP contribution in [0.4, 0.5) is 5.69 Å². The number of ether oxygens (including phenoxy) is 1. The van der Waals surface area contributed by atoms with Crippen molar-refractivity contribution in [1.29, 1.82) is 0 Å². The van der Waals surface area contributed by atoms with Gasteiger partial charge in [-0.3, -0.25) is 9.59 Å². The highest BCUT2D eigenvalue weighted by Gasteiger charge is 2.24. The van der Waals surface area contributed by atoms with Gasteiger partial charge in [0.25, 0.3) is 5.56 Å². The SMILES string of the molecule is CCOC(=O)Cn1ccc(S(=O)(=O)NCC2CCC2)c(N)c1=O. The molecule has 3 N–H and O–H groups in total. The minimum absolute atomic E-state index is 0.195. The van der Waals surface area contributed by atoms with Crippen molar-refractivity contribution in [3.63, 3.8) is 0 Å². The highest BCUT2D eigenvalue weighted by Crippen LogP contribution is 2.26. The lowest BCUT2D eigenvalue weighted by Gasteiger charge is -2.25. The van der Waals surface area contributed by atoms with Crippen LogP contribution in [0, 0.1) is 5.92 Å². The summed E-state index contributed by atoms with van der Waals surface area (Å²) in [6.45, 7) is 1.87. The van der Waals surface area contributed by atoms with Crippen molar-refractivity contribution in [2.45, 2.75) is 37.6 Å². The molecule has 2 rings (SSSR count). The summed E-state index contributed by atoms with van der Waals surface area (Å²) in [6, 6.07) is 1.22. The first-order valence-corrected chi connectivity index (χ1v) is 8.97. The molecule has 0 amide bonds. The Bertz CT molecular complexity index is 737. The first kappa shape index (κ1) is 17.5. The Morgan fingerprint density at radius 1 is 1.48 bits per heavy atom. The molecule has 8 nitrogen and oxygen atoms in total. The molecule has 1 heterocycles. The van der Waals surface area contributed by atoms with Crippen LogP contribution in [0.5, 0.6) is 0 Å². The Morgan fingerprint density at radius 3 is 2.74 bits per heavy atom. The summed E-state index contributed by atoms with van der Waals surface area (Å²) in [7, 11) is -3.84. The van der Waals surface area contributed by atoms with Crippen molar-refractivity contribution in [3.8, 4) is 0 Å². The number of pyridine rings is 1. The van der Waals surface area contributed by atoms with E-state index >= 15 is 0 Å². The molecule has 23 heavy (non-hydrogen) atoms. The third-order valence-corrected chi connectivity index (χ3v) is 5.33. The highest BCUT2D eigenvalue weighted by atomic mass is 32.2. The van der Waals surface area contributed by atoms with Crippen LogP contribution in [0.25, 0.3) is 0 Å². The van der Waals surface area contributed by atoms with E-state index in [1.807, 2.05) is 0 Å². The van der Waals surface area contributed by atoms with Gasteiger partial charge in [-0.2, -0.15) is 0 Å². The molecule has 0 saturated heterocycles. The van der Waals surface area contributed by atoms with Crippen molar-refractivity contribution in [3.05, 3.63) is 22.6 Å². The molecule has 0 atom stereocenters. The van der Waals surface area contributed by atoms with Gasteiger partial charge in [0.2, 0.25) is 10.0 Å². The maximum atomic E-state index is 12.3. The van der Waals surface area contributed by atoms with Crippen LogP contribution >= 0.6 is 0 Å². The lowest BCUT2D eigenvalue weighted by atomic mass is 9.86. The van der Waals surface area contributed by atoms with Crippen molar-refractivity contribution < 1.29 is 17.9 Å². The molecule has 0 bridgehead atoms. The molecule has 0 radical (unpaired) electrons. The number of nitrogens with one attached hydrogen (secondary N) is 1. The number of hydrogen-bond acceptors (Lipinski definition) is 6. The van der Waals surface area contributed by atoms with Crippen LogP contribution in [0.1, 0.15) is 26.2 Å². The lowest BCUT2D eigenvalue weighted by Crippen LogP contribution is -2.34. The molecule has 9 heteroatoms. The monoisotopic (exact) mass is 343 g/mol. The van der Waals surface area contributed by atoms with E-state index < -0.39 is 27.2 Å². The van der Waals surface area contributed by atoms with Gasteiger partial charge in [-0.25, -0.2) is 13.1 Å². The maximum Gasteiger partial charge on any atom is 0.326 e. The first-order valence-electron chi connectivity index (χ1n) is 7.49. The summed E-state index contributed by atoms with van der Waals surface area (Å²) in [4.78, 5) is 23.3. The van der Waals surface area contributed by atoms with E-state index in [-0.39, 0.29) is 18.0 Å². The lowest BCUT2D eigenvalue weighted by molar-refractivity contribution is -0.143. The number of carbonyl (C=O) groups is 1. The maximum absolute atomic E-state index is 12.3. The van der Waals surface area contributed by atoms with Gasteiger partial charge in [0.05, 0.1) is 6.61 Å². The van der Waals surface area contributed by atoms with Gasteiger partial charge in [-0.05, 0) is 31.7 Å². The zero-order chi connectivity index (χ0) is 17.0. The first-order chi connectivity index (χ1) is 10.8. The van der Waals surface area contributed by atoms with Gasteiger partial charge >= 0.3 is 5.97 Å². The molecule has 1 saturated carbocycles. The number of nitrogens with two attached hydrogens (primary N) is 1. The number of rotatable bonds is 7. The van der Waals surface area contributed by atoms with Gasteiger partial charge < -0.3 is 15.0 Å². The molecular weight excluding hydrogens is 322 g/mol. The van der Waals surface area contributed by atoms with E-state index in [2.05, 4.69) is 4.72 Å². The van der Waals surface area contributed by atoms with Gasteiger partial charge in [-0.15, -0.1) is 0 Å². The van der Waals surface area contributed by atoms with Crippen LogP contribution in [-0.4, -0.2) is 32.1 Å². The van der Waals surface area contributed by atoms with E-state index in [1.54, 1.807) is 6.92 Å². The summed E-state index contributed by atoms with van der Waals surface area (Å²) in [6.07, 6.45) is 4.34. The molecule has 0 spiro atoms. The number of hydrogen-bond donors (Lipinski definition) is 2. The van der Waals surface area contributed by atoms with Gasteiger partial charge in [0.15, 0.2) is 0 Å². The second-order valence-corrected chi connectivity index (χ2v) is 7.22. The summed E-state index contributed by atoms with van der Waals surface area (Å²) in [5.74, 6) is -0.247. The summed E-state index contributed by atoms with van der Waals surface area (Å²) in [5, 5.41) is 0. The Balaban J connectivity index is 2.18. The highest BCUT2D eigenvalue weighted by molar-refractivity contribution is 7.89. The molecule has 1 aromatic rings. The van der Waals surface area contributed by atoms with Crippen molar-refractivity contribution in [2.75, 3.05) is 18.9 Å². The molecule has 1 aromatic heterocycles. The standard InChI is InChI=1S/C14H21N3O5S/c1-2-22-12(18)9-17-7-6-11(13(15)14(17)19)23(20,21)16-8-10-4-3-5-10/h6-7,10,16H,2-5,8-9,15H2,1H3. The van der Waals surface area contributed by atoms with E-state index in [0.29, 0.717) is 12.5 Å². The summed E-state index contributed by atoms with van der Waals surface area (Å²) >= 11 is 0. The van der Waals surface area contributed by atoms with E-state index in [9.17, 15) is 18.0 Å². The number of aromatic nitrogens is 1. The van der Waals surface area contributed by atoms with Gasteiger partial charge in [0, 0.05) is 12.7 Å². The Morgan fingerprint density at radius 2 is 2.17 bits per heavy atom. The third kappa shape index (κ3) is 4.11. The van der Waals surface area contributed by atoms with Crippen LogP contribution in [0.15, 0.2) is 22.0 Å². The average molecular weight is 343 g/mol. The molecule has 128 valence electrons. The van der Waals surface area contributed by atoms with E-state index in [1.165, 1.54) is 12.3 Å². The fourth-order valence-corrected chi connectivity index (χ4v) is 3.51.